The van der Waals surface area contributed by atoms with E-state index < -0.39 is 0 Å². The van der Waals surface area contributed by atoms with Crippen LogP contribution in [0.4, 0.5) is 0 Å². The topological polar surface area (TPSA) is 38.7 Å². The molecule has 0 radical (unpaired) electrons. The molecule has 0 unspecified atom stereocenters. The summed E-state index contributed by atoms with van der Waals surface area (Å²) in [4.78, 5) is 14.9. The molecular formula is C33H21N3S. The average molecular weight is 492 g/mol. The second-order valence-electron chi connectivity index (χ2n) is 8.89. The van der Waals surface area contributed by atoms with Crippen molar-refractivity contribution in [3.63, 3.8) is 0 Å². The third-order valence-corrected chi connectivity index (χ3v) is 7.70. The van der Waals surface area contributed by atoms with E-state index in [1.54, 1.807) is 11.3 Å². The maximum atomic E-state index is 5.02. The van der Waals surface area contributed by atoms with Gasteiger partial charge in [0, 0.05) is 36.9 Å². The average Bonchev–Trinajstić information content (AvgIpc) is 3.37. The highest BCUT2D eigenvalue weighted by Crippen LogP contribution is 2.39. The first-order valence-corrected chi connectivity index (χ1v) is 13.0. The SMILES string of the molecule is c1ccc(-c2ccc(-c3nc(-c4ccccc4)nc(-c4cccc5sc6ccccc6c45)n3)cc2)cc1. The lowest BCUT2D eigenvalue weighted by molar-refractivity contribution is 1.08. The van der Waals surface area contributed by atoms with E-state index >= 15 is 0 Å². The van der Waals surface area contributed by atoms with Crippen LogP contribution in [-0.4, -0.2) is 15.0 Å². The van der Waals surface area contributed by atoms with Gasteiger partial charge in [0.2, 0.25) is 0 Å². The fraction of sp³-hybridized carbons (Fsp3) is 0. The van der Waals surface area contributed by atoms with Gasteiger partial charge in [-0.1, -0.05) is 115 Å². The summed E-state index contributed by atoms with van der Waals surface area (Å²) < 4.78 is 2.49. The van der Waals surface area contributed by atoms with E-state index in [1.165, 1.54) is 25.7 Å². The van der Waals surface area contributed by atoms with Crippen LogP contribution >= 0.6 is 11.3 Å². The first kappa shape index (κ1) is 21.6. The van der Waals surface area contributed by atoms with Crippen molar-refractivity contribution in [3.05, 3.63) is 127 Å². The van der Waals surface area contributed by atoms with Crippen LogP contribution in [0, 0.1) is 0 Å². The van der Waals surface area contributed by atoms with Gasteiger partial charge in [-0.3, -0.25) is 0 Å². The molecule has 2 heterocycles. The highest BCUT2D eigenvalue weighted by Gasteiger charge is 2.16. The zero-order valence-corrected chi connectivity index (χ0v) is 20.7. The number of rotatable bonds is 4. The molecule has 0 spiro atoms. The standard InChI is InChI=1S/C33H21N3S/c1-3-10-22(11-4-1)23-18-20-25(21-19-23)32-34-31(24-12-5-2-6-13-24)35-33(36-32)27-15-9-17-29-30(27)26-14-7-8-16-28(26)37-29/h1-21H. The molecule has 0 aliphatic carbocycles. The zero-order valence-electron chi connectivity index (χ0n) is 19.9. The van der Waals surface area contributed by atoms with Crippen LogP contribution < -0.4 is 0 Å². The monoisotopic (exact) mass is 491 g/mol. The molecule has 0 aliphatic heterocycles. The Morgan fingerprint density at radius 2 is 0.892 bits per heavy atom. The molecule has 0 amide bonds. The minimum atomic E-state index is 0.667. The summed E-state index contributed by atoms with van der Waals surface area (Å²) in [7, 11) is 0. The molecule has 174 valence electrons. The predicted molar refractivity (Wildman–Crippen MR) is 154 cm³/mol. The van der Waals surface area contributed by atoms with Crippen molar-refractivity contribution in [1.29, 1.82) is 0 Å². The van der Waals surface area contributed by atoms with Crippen LogP contribution in [0.25, 0.3) is 65.5 Å². The Morgan fingerprint density at radius 3 is 1.62 bits per heavy atom. The van der Waals surface area contributed by atoms with Crippen molar-refractivity contribution in [2.45, 2.75) is 0 Å². The number of hydrogen-bond donors (Lipinski definition) is 0. The Kier molecular flexibility index (Phi) is 5.30. The third kappa shape index (κ3) is 3.98. The van der Waals surface area contributed by atoms with Crippen molar-refractivity contribution in [2.75, 3.05) is 0 Å². The maximum Gasteiger partial charge on any atom is 0.164 e. The molecule has 0 N–H and O–H groups in total. The molecule has 3 nitrogen and oxygen atoms in total. The van der Waals surface area contributed by atoms with E-state index in [0.717, 1.165) is 22.3 Å². The van der Waals surface area contributed by atoms with Gasteiger partial charge in [-0.2, -0.15) is 0 Å². The minimum absolute atomic E-state index is 0.667. The molecule has 0 fully saturated rings. The molecule has 0 bridgehead atoms. The predicted octanol–water partition coefficient (Wildman–Crippen LogP) is 8.91. The van der Waals surface area contributed by atoms with Gasteiger partial charge < -0.3 is 0 Å². The van der Waals surface area contributed by atoms with E-state index in [9.17, 15) is 0 Å². The highest BCUT2D eigenvalue weighted by molar-refractivity contribution is 7.25. The van der Waals surface area contributed by atoms with Crippen LogP contribution in [0.1, 0.15) is 0 Å². The number of aromatic nitrogens is 3. The summed E-state index contributed by atoms with van der Waals surface area (Å²) in [6.45, 7) is 0. The minimum Gasteiger partial charge on any atom is -0.208 e. The summed E-state index contributed by atoms with van der Waals surface area (Å²) in [5.74, 6) is 2.02. The second kappa shape index (κ2) is 9.08. The number of hydrogen-bond acceptors (Lipinski definition) is 4. The number of fused-ring (bicyclic) bond motifs is 3. The van der Waals surface area contributed by atoms with Gasteiger partial charge in [0.1, 0.15) is 0 Å². The molecular weight excluding hydrogens is 470 g/mol. The second-order valence-corrected chi connectivity index (χ2v) is 9.98. The van der Waals surface area contributed by atoms with Crippen LogP contribution in [0.2, 0.25) is 0 Å². The van der Waals surface area contributed by atoms with E-state index in [2.05, 4.69) is 91.0 Å². The Hall–Kier alpha value is -4.67. The van der Waals surface area contributed by atoms with Crippen LogP contribution in [0.3, 0.4) is 0 Å². The van der Waals surface area contributed by atoms with Crippen molar-refractivity contribution in [2.24, 2.45) is 0 Å². The van der Waals surface area contributed by atoms with Gasteiger partial charge in [-0.15, -0.1) is 11.3 Å². The van der Waals surface area contributed by atoms with E-state index in [1.807, 2.05) is 36.4 Å². The van der Waals surface area contributed by atoms with E-state index in [-0.39, 0.29) is 0 Å². The van der Waals surface area contributed by atoms with Crippen molar-refractivity contribution in [1.82, 2.24) is 15.0 Å². The lowest BCUT2D eigenvalue weighted by Crippen LogP contribution is -2.00. The molecule has 7 rings (SSSR count). The van der Waals surface area contributed by atoms with E-state index in [0.29, 0.717) is 17.5 Å². The van der Waals surface area contributed by atoms with Crippen LogP contribution in [-0.2, 0) is 0 Å². The van der Waals surface area contributed by atoms with Gasteiger partial charge in [-0.25, -0.2) is 15.0 Å². The molecule has 2 aromatic heterocycles. The van der Waals surface area contributed by atoms with Gasteiger partial charge in [-0.05, 0) is 23.3 Å². The highest BCUT2D eigenvalue weighted by atomic mass is 32.1. The molecule has 0 atom stereocenters. The van der Waals surface area contributed by atoms with Crippen LogP contribution in [0.15, 0.2) is 127 Å². The smallest absolute Gasteiger partial charge is 0.164 e. The molecule has 0 saturated heterocycles. The normalized spacial score (nSPS) is 11.2. The molecule has 4 heteroatoms. The largest absolute Gasteiger partial charge is 0.208 e. The fourth-order valence-electron chi connectivity index (χ4n) is 4.75. The lowest BCUT2D eigenvalue weighted by atomic mass is 10.0. The fourth-order valence-corrected chi connectivity index (χ4v) is 5.88. The summed E-state index contributed by atoms with van der Waals surface area (Å²) >= 11 is 1.80. The number of nitrogens with zero attached hydrogens (tertiary/aromatic N) is 3. The lowest BCUT2D eigenvalue weighted by Gasteiger charge is -2.10. The van der Waals surface area contributed by atoms with Gasteiger partial charge in [0.25, 0.3) is 0 Å². The summed E-state index contributed by atoms with van der Waals surface area (Å²) in [5, 5.41) is 2.42. The first-order chi connectivity index (χ1) is 18.3. The van der Waals surface area contributed by atoms with E-state index in [4.69, 9.17) is 15.0 Å². The molecule has 7 aromatic rings. The molecule has 0 aliphatic rings. The van der Waals surface area contributed by atoms with Gasteiger partial charge >= 0.3 is 0 Å². The molecule has 0 saturated carbocycles. The Bertz CT molecular complexity index is 1860. The van der Waals surface area contributed by atoms with Crippen molar-refractivity contribution >= 4 is 31.5 Å². The van der Waals surface area contributed by atoms with Crippen molar-refractivity contribution in [3.8, 4) is 45.3 Å². The molecule has 37 heavy (non-hydrogen) atoms. The summed E-state index contributed by atoms with van der Waals surface area (Å²) in [6.07, 6.45) is 0. The summed E-state index contributed by atoms with van der Waals surface area (Å²) in [5.41, 5.74) is 5.30. The first-order valence-electron chi connectivity index (χ1n) is 12.2. The van der Waals surface area contributed by atoms with Gasteiger partial charge in [0.05, 0.1) is 0 Å². The van der Waals surface area contributed by atoms with Crippen molar-refractivity contribution < 1.29 is 0 Å². The number of thiophene rings is 1. The maximum absolute atomic E-state index is 5.02. The Balaban J connectivity index is 1.43. The van der Waals surface area contributed by atoms with Crippen LogP contribution in [0.5, 0.6) is 0 Å². The summed E-state index contributed by atoms with van der Waals surface area (Å²) in [6, 6.07) is 43.9. The Morgan fingerprint density at radius 1 is 0.378 bits per heavy atom. The third-order valence-electron chi connectivity index (χ3n) is 6.56. The number of benzene rings is 5. The Labute approximate surface area is 218 Å². The van der Waals surface area contributed by atoms with Gasteiger partial charge in [0.15, 0.2) is 17.5 Å². The molecule has 5 aromatic carbocycles. The zero-order chi connectivity index (χ0) is 24.6. The quantitative estimate of drug-likeness (QED) is 0.247.